The van der Waals surface area contributed by atoms with Crippen molar-refractivity contribution >= 4 is 23.8 Å². The van der Waals surface area contributed by atoms with Crippen molar-refractivity contribution in [2.24, 2.45) is 29.1 Å². The lowest BCUT2D eigenvalue weighted by atomic mass is 9.72. The van der Waals surface area contributed by atoms with Gasteiger partial charge >= 0.3 is 5.97 Å². The Labute approximate surface area is 156 Å². The molecule has 140 valence electrons. The SMILES string of the molecule is CC1=CP2(=S)CC1(C)C1C2C(=O)O[C@H]1OC1CC[C@H](C)C[C@H]1C(C)C. The molecule has 2 saturated heterocycles. The summed E-state index contributed by atoms with van der Waals surface area (Å²) in [5.41, 5.74) is 1.26. The summed E-state index contributed by atoms with van der Waals surface area (Å²) in [7, 11) is 0. The number of carbonyl (C=O) groups is 1. The van der Waals surface area contributed by atoms with Crippen molar-refractivity contribution in [3.63, 3.8) is 0 Å². The molecule has 3 fully saturated rings. The lowest BCUT2D eigenvalue weighted by Gasteiger charge is -2.40. The van der Waals surface area contributed by atoms with Crippen molar-refractivity contribution < 1.29 is 14.3 Å². The fourth-order valence-electron chi connectivity index (χ4n) is 5.91. The predicted octanol–water partition coefficient (Wildman–Crippen LogP) is 4.75. The van der Waals surface area contributed by atoms with E-state index in [0.717, 1.165) is 18.5 Å². The number of fused-ring (bicyclic) bond motifs is 5. The molecular formula is C20H31O3PS. The Balaban J connectivity index is 1.59. The Morgan fingerprint density at radius 3 is 2.80 bits per heavy atom. The maximum absolute atomic E-state index is 12.6. The number of esters is 1. The van der Waals surface area contributed by atoms with Crippen LogP contribution >= 0.6 is 6.04 Å². The largest absolute Gasteiger partial charge is 0.435 e. The molecule has 0 N–H and O–H groups in total. The summed E-state index contributed by atoms with van der Waals surface area (Å²) < 4.78 is 12.4. The molecule has 8 atom stereocenters. The Morgan fingerprint density at radius 1 is 1.40 bits per heavy atom. The lowest BCUT2D eigenvalue weighted by molar-refractivity contribution is -0.201. The number of hydrogen-bond donors (Lipinski definition) is 0. The monoisotopic (exact) mass is 382 g/mol. The van der Waals surface area contributed by atoms with Crippen LogP contribution in [0, 0.1) is 29.1 Å². The van der Waals surface area contributed by atoms with Gasteiger partial charge < -0.3 is 9.47 Å². The van der Waals surface area contributed by atoms with Crippen molar-refractivity contribution in [3.05, 3.63) is 11.4 Å². The van der Waals surface area contributed by atoms with E-state index in [-0.39, 0.29) is 29.1 Å². The van der Waals surface area contributed by atoms with Gasteiger partial charge in [-0.15, -0.1) is 0 Å². The van der Waals surface area contributed by atoms with Gasteiger partial charge in [0, 0.05) is 11.3 Å². The number of rotatable bonds is 3. The van der Waals surface area contributed by atoms with Crippen molar-refractivity contribution in [2.75, 3.05) is 6.16 Å². The van der Waals surface area contributed by atoms with Crippen LogP contribution in [0.5, 0.6) is 0 Å². The molecule has 4 aliphatic rings. The van der Waals surface area contributed by atoms with Gasteiger partial charge in [0.1, 0.15) is 0 Å². The first-order valence-electron chi connectivity index (χ1n) is 9.80. The number of allylic oxidation sites excluding steroid dienone is 1. The Hall–Kier alpha value is -0.180. The zero-order valence-corrected chi connectivity index (χ0v) is 17.7. The molecule has 0 amide bonds. The molecule has 0 aromatic heterocycles. The van der Waals surface area contributed by atoms with Crippen LogP contribution in [0.3, 0.4) is 0 Å². The summed E-state index contributed by atoms with van der Waals surface area (Å²) in [6, 6.07) is -1.78. The molecule has 3 nitrogen and oxygen atoms in total. The maximum Gasteiger partial charge on any atom is 0.317 e. The minimum absolute atomic E-state index is 0.00763. The first-order chi connectivity index (χ1) is 11.7. The molecule has 3 heterocycles. The van der Waals surface area contributed by atoms with Crippen molar-refractivity contribution in [1.82, 2.24) is 0 Å². The molecule has 0 spiro atoms. The Morgan fingerprint density at radius 2 is 2.12 bits per heavy atom. The summed E-state index contributed by atoms with van der Waals surface area (Å²) in [5, 5.41) is 0. The van der Waals surface area contributed by atoms with Crippen molar-refractivity contribution in [1.29, 1.82) is 0 Å². The van der Waals surface area contributed by atoms with Crippen LogP contribution in [0.4, 0.5) is 0 Å². The third-order valence-corrected chi connectivity index (χ3v) is 12.3. The maximum atomic E-state index is 12.6. The molecule has 3 aliphatic heterocycles. The van der Waals surface area contributed by atoms with Crippen LogP contribution in [0.15, 0.2) is 11.4 Å². The minimum Gasteiger partial charge on any atom is -0.435 e. The van der Waals surface area contributed by atoms with Gasteiger partial charge in [0.05, 0.1) is 11.8 Å². The van der Waals surface area contributed by atoms with E-state index in [1.807, 2.05) is 0 Å². The minimum atomic E-state index is -1.78. The molecule has 0 aromatic carbocycles. The Bertz CT molecular complexity index is 672. The van der Waals surface area contributed by atoms with Crippen molar-refractivity contribution in [3.8, 4) is 0 Å². The molecule has 0 aromatic rings. The lowest BCUT2D eigenvalue weighted by Crippen LogP contribution is -2.42. The number of ether oxygens (including phenoxy) is 2. The molecule has 25 heavy (non-hydrogen) atoms. The van der Waals surface area contributed by atoms with E-state index in [2.05, 4.69) is 40.4 Å². The number of hydrogen-bond acceptors (Lipinski definition) is 4. The van der Waals surface area contributed by atoms with Gasteiger partial charge in [-0.05, 0) is 56.1 Å². The van der Waals surface area contributed by atoms with Crippen molar-refractivity contribution in [2.45, 2.75) is 71.9 Å². The summed E-state index contributed by atoms with van der Waals surface area (Å²) in [4.78, 5) is 12.6. The highest BCUT2D eigenvalue weighted by Gasteiger charge is 2.68. The highest BCUT2D eigenvalue weighted by molar-refractivity contribution is 8.17. The van der Waals surface area contributed by atoms with Crippen LogP contribution in [-0.2, 0) is 26.1 Å². The van der Waals surface area contributed by atoms with E-state index in [0.29, 0.717) is 11.8 Å². The van der Waals surface area contributed by atoms with Crippen LogP contribution in [-0.4, -0.2) is 30.2 Å². The average Bonchev–Trinajstić information content (AvgIpc) is 3.05. The van der Waals surface area contributed by atoms with E-state index in [4.69, 9.17) is 21.3 Å². The van der Waals surface area contributed by atoms with E-state index in [1.54, 1.807) is 0 Å². The molecule has 4 rings (SSSR count). The first-order valence-corrected chi connectivity index (χ1v) is 12.9. The topological polar surface area (TPSA) is 35.5 Å². The second-order valence-corrected chi connectivity index (χ2v) is 14.4. The summed E-state index contributed by atoms with van der Waals surface area (Å²) in [6.07, 6.45) is 4.30. The smallest absolute Gasteiger partial charge is 0.317 e. The zero-order valence-electron chi connectivity index (χ0n) is 16.0. The van der Waals surface area contributed by atoms with Gasteiger partial charge in [-0.25, -0.2) is 0 Å². The van der Waals surface area contributed by atoms with Gasteiger partial charge in [0.25, 0.3) is 0 Å². The second-order valence-electron chi connectivity index (χ2n) is 9.52. The van der Waals surface area contributed by atoms with Gasteiger partial charge in [-0.2, -0.15) is 0 Å². The van der Waals surface area contributed by atoms with E-state index in [1.165, 1.54) is 18.4 Å². The summed E-state index contributed by atoms with van der Waals surface area (Å²) >= 11 is 5.99. The van der Waals surface area contributed by atoms with Crippen LogP contribution in [0.25, 0.3) is 0 Å². The van der Waals surface area contributed by atoms with Gasteiger partial charge in [-0.1, -0.05) is 50.9 Å². The van der Waals surface area contributed by atoms with E-state index < -0.39 is 12.3 Å². The number of carbonyl (C=O) groups excluding carboxylic acids is 1. The quantitative estimate of drug-likeness (QED) is 0.521. The molecule has 1 aliphatic carbocycles. The standard InChI is InChI=1S/C20H31O3PS/c1-11(2)14-8-12(3)6-7-15(14)22-19-16-17(18(21)23-19)24(25)9-13(4)20(16,5)10-24/h9,11-12,14-17,19H,6-8,10H2,1-5H3/t12-,14-,15?,16?,17?,19+,20?,24?/m0/s1. The van der Waals surface area contributed by atoms with Crippen LogP contribution < -0.4 is 0 Å². The van der Waals surface area contributed by atoms with E-state index in [9.17, 15) is 4.79 Å². The molecule has 5 heteroatoms. The second kappa shape index (κ2) is 5.91. The van der Waals surface area contributed by atoms with Gasteiger partial charge in [0.15, 0.2) is 0 Å². The third-order valence-electron chi connectivity index (χ3n) is 7.46. The van der Waals surface area contributed by atoms with Gasteiger partial charge in [0.2, 0.25) is 6.29 Å². The van der Waals surface area contributed by atoms with E-state index >= 15 is 0 Å². The summed E-state index contributed by atoms with van der Waals surface area (Å²) in [6.45, 7) is 11.4. The van der Waals surface area contributed by atoms with Crippen LogP contribution in [0.1, 0.15) is 53.9 Å². The highest BCUT2D eigenvalue weighted by Crippen LogP contribution is 2.77. The predicted molar refractivity (Wildman–Crippen MR) is 104 cm³/mol. The highest BCUT2D eigenvalue weighted by atomic mass is 32.4. The summed E-state index contributed by atoms with van der Waals surface area (Å²) in [5.74, 6) is 4.21. The first kappa shape index (κ1) is 18.2. The molecule has 1 saturated carbocycles. The molecule has 2 bridgehead atoms. The normalized spacial score (nSPS) is 51.6. The zero-order chi connectivity index (χ0) is 18.1. The molecule has 5 unspecified atom stereocenters. The fourth-order valence-corrected chi connectivity index (χ4v) is 12.2. The molecular weight excluding hydrogens is 351 g/mol. The van der Waals surface area contributed by atoms with Crippen LogP contribution in [0.2, 0.25) is 0 Å². The van der Waals surface area contributed by atoms with Gasteiger partial charge in [-0.3, -0.25) is 4.79 Å². The number of cyclic esters (lactones) is 1. The Kier molecular flexibility index (Phi) is 4.30. The fraction of sp³-hybridized carbons (Fsp3) is 0.850. The molecule has 0 radical (unpaired) electrons. The average molecular weight is 383 g/mol. The third kappa shape index (κ3) is 2.62.